The number of nitrogens with zero attached hydrogens (tertiary/aromatic N) is 1. The Labute approximate surface area is 139 Å². The van der Waals surface area contributed by atoms with E-state index in [-0.39, 0.29) is 5.91 Å². The van der Waals surface area contributed by atoms with Crippen molar-refractivity contribution < 1.29 is 4.79 Å². The van der Waals surface area contributed by atoms with Gasteiger partial charge in [0.15, 0.2) is 0 Å². The number of amides is 1. The van der Waals surface area contributed by atoms with Crippen LogP contribution >= 0.6 is 28.1 Å². The minimum Gasteiger partial charge on any atom is -0.391 e. The van der Waals surface area contributed by atoms with Crippen LogP contribution in [0.3, 0.4) is 0 Å². The van der Waals surface area contributed by atoms with E-state index in [1.54, 1.807) is 6.07 Å². The standard InChI is InChI=1S/C15H20BrN3OS/c1-10-9-11(3-4-12(10)16)13(20)18-15(14(17)21)5-7-19(2)8-6-15/h3-4,9H,5-8H2,1-2H3,(H2,17,21)(H,18,20). The van der Waals surface area contributed by atoms with Crippen molar-refractivity contribution in [3.05, 3.63) is 33.8 Å². The zero-order valence-corrected chi connectivity index (χ0v) is 14.7. The van der Waals surface area contributed by atoms with Gasteiger partial charge in [0.05, 0.1) is 10.5 Å². The summed E-state index contributed by atoms with van der Waals surface area (Å²) in [5.74, 6) is -0.122. The van der Waals surface area contributed by atoms with E-state index in [9.17, 15) is 4.79 Å². The summed E-state index contributed by atoms with van der Waals surface area (Å²) >= 11 is 8.66. The van der Waals surface area contributed by atoms with Gasteiger partial charge in [-0.15, -0.1) is 0 Å². The summed E-state index contributed by atoms with van der Waals surface area (Å²) in [5, 5.41) is 3.07. The van der Waals surface area contributed by atoms with Crippen LogP contribution in [0.25, 0.3) is 0 Å². The SMILES string of the molecule is Cc1cc(C(=O)NC2(C(N)=S)CCN(C)CC2)ccc1Br. The van der Waals surface area contributed by atoms with E-state index >= 15 is 0 Å². The lowest BCUT2D eigenvalue weighted by molar-refractivity contribution is 0.0890. The summed E-state index contributed by atoms with van der Waals surface area (Å²) in [5.41, 5.74) is 7.00. The Morgan fingerprint density at radius 1 is 1.43 bits per heavy atom. The van der Waals surface area contributed by atoms with Gasteiger partial charge < -0.3 is 16.0 Å². The van der Waals surface area contributed by atoms with E-state index in [1.165, 1.54) is 0 Å². The molecule has 1 fully saturated rings. The van der Waals surface area contributed by atoms with Gasteiger partial charge in [0.1, 0.15) is 0 Å². The molecule has 0 spiro atoms. The summed E-state index contributed by atoms with van der Waals surface area (Å²) in [6.45, 7) is 3.70. The molecular formula is C15H20BrN3OS. The summed E-state index contributed by atoms with van der Waals surface area (Å²) in [4.78, 5) is 15.1. The first-order valence-corrected chi connectivity index (χ1v) is 8.11. The molecular weight excluding hydrogens is 350 g/mol. The molecule has 0 unspecified atom stereocenters. The molecule has 1 aliphatic rings. The summed E-state index contributed by atoms with van der Waals surface area (Å²) < 4.78 is 0.988. The second kappa shape index (κ2) is 6.42. The number of aryl methyl sites for hydroxylation is 1. The second-order valence-electron chi connectivity index (χ2n) is 5.67. The quantitative estimate of drug-likeness (QED) is 0.802. The molecule has 0 radical (unpaired) electrons. The van der Waals surface area contributed by atoms with Gasteiger partial charge in [-0.3, -0.25) is 4.79 Å². The van der Waals surface area contributed by atoms with Crippen molar-refractivity contribution in [3.63, 3.8) is 0 Å². The van der Waals surface area contributed by atoms with Crippen molar-refractivity contribution in [3.8, 4) is 0 Å². The second-order valence-corrected chi connectivity index (χ2v) is 6.96. The molecule has 3 N–H and O–H groups in total. The minimum atomic E-state index is -0.570. The molecule has 4 nitrogen and oxygen atoms in total. The van der Waals surface area contributed by atoms with Crippen LogP contribution in [0.15, 0.2) is 22.7 Å². The summed E-state index contributed by atoms with van der Waals surface area (Å²) in [6.07, 6.45) is 1.50. The normalized spacial score (nSPS) is 18.2. The number of hydrogen-bond acceptors (Lipinski definition) is 3. The number of thiocarbonyl (C=S) groups is 1. The Morgan fingerprint density at radius 3 is 2.57 bits per heavy atom. The number of halogens is 1. The van der Waals surface area contributed by atoms with Crippen molar-refractivity contribution in [2.75, 3.05) is 20.1 Å². The first-order valence-electron chi connectivity index (χ1n) is 6.91. The molecule has 2 rings (SSSR count). The molecule has 1 heterocycles. The maximum atomic E-state index is 12.5. The number of piperidine rings is 1. The smallest absolute Gasteiger partial charge is 0.252 e. The Balaban J connectivity index is 2.19. The van der Waals surface area contributed by atoms with Crippen molar-refractivity contribution in [1.29, 1.82) is 0 Å². The molecule has 1 aromatic carbocycles. The molecule has 21 heavy (non-hydrogen) atoms. The first kappa shape index (κ1) is 16.4. The Hall–Kier alpha value is -0.980. The maximum Gasteiger partial charge on any atom is 0.252 e. The molecule has 0 aromatic heterocycles. The van der Waals surface area contributed by atoms with Crippen LogP contribution in [-0.4, -0.2) is 41.5 Å². The van der Waals surface area contributed by atoms with Gasteiger partial charge in [0, 0.05) is 23.1 Å². The molecule has 114 valence electrons. The molecule has 1 amide bonds. The Bertz CT molecular complexity index is 568. The minimum absolute atomic E-state index is 0.122. The third-order valence-corrected chi connectivity index (χ3v) is 5.37. The topological polar surface area (TPSA) is 58.4 Å². The van der Waals surface area contributed by atoms with E-state index in [0.29, 0.717) is 10.6 Å². The van der Waals surface area contributed by atoms with Gasteiger partial charge in [-0.05, 0) is 50.6 Å². The van der Waals surface area contributed by atoms with Gasteiger partial charge in [-0.1, -0.05) is 28.1 Å². The predicted octanol–water partition coefficient (Wildman–Crippen LogP) is 2.24. The fourth-order valence-corrected chi connectivity index (χ4v) is 3.01. The highest BCUT2D eigenvalue weighted by molar-refractivity contribution is 9.10. The maximum absolute atomic E-state index is 12.5. The third kappa shape index (κ3) is 3.62. The number of carbonyl (C=O) groups is 1. The first-order chi connectivity index (χ1) is 9.84. The molecule has 0 aliphatic carbocycles. The van der Waals surface area contributed by atoms with Crippen LogP contribution in [0, 0.1) is 6.92 Å². The van der Waals surface area contributed by atoms with E-state index in [0.717, 1.165) is 36.0 Å². The average molecular weight is 370 g/mol. The number of nitrogens with two attached hydrogens (primary N) is 1. The van der Waals surface area contributed by atoms with E-state index in [4.69, 9.17) is 18.0 Å². The molecule has 1 aliphatic heterocycles. The number of rotatable bonds is 3. The molecule has 1 aromatic rings. The average Bonchev–Trinajstić information content (AvgIpc) is 2.44. The lowest BCUT2D eigenvalue weighted by Crippen LogP contribution is -2.61. The zero-order valence-electron chi connectivity index (χ0n) is 12.3. The zero-order chi connectivity index (χ0) is 15.6. The number of carbonyl (C=O) groups excluding carboxylic acids is 1. The van der Waals surface area contributed by atoms with Crippen molar-refractivity contribution in [1.82, 2.24) is 10.2 Å². The highest BCUT2D eigenvalue weighted by Gasteiger charge is 2.38. The van der Waals surface area contributed by atoms with Gasteiger partial charge in [-0.2, -0.15) is 0 Å². The lowest BCUT2D eigenvalue weighted by Gasteiger charge is -2.40. The highest BCUT2D eigenvalue weighted by Crippen LogP contribution is 2.23. The Kier molecular flexibility index (Phi) is 5.01. The van der Waals surface area contributed by atoms with Crippen molar-refractivity contribution >= 4 is 39.0 Å². The van der Waals surface area contributed by atoms with E-state index in [2.05, 4.69) is 33.2 Å². The Morgan fingerprint density at radius 2 is 2.05 bits per heavy atom. The highest BCUT2D eigenvalue weighted by atomic mass is 79.9. The van der Waals surface area contributed by atoms with Gasteiger partial charge >= 0.3 is 0 Å². The summed E-state index contributed by atoms with van der Waals surface area (Å²) in [6, 6.07) is 5.54. The van der Waals surface area contributed by atoms with Crippen LogP contribution in [0.5, 0.6) is 0 Å². The van der Waals surface area contributed by atoms with Crippen LogP contribution in [-0.2, 0) is 0 Å². The van der Waals surface area contributed by atoms with Crippen LogP contribution in [0.1, 0.15) is 28.8 Å². The predicted molar refractivity (Wildman–Crippen MR) is 92.6 cm³/mol. The molecule has 0 atom stereocenters. The van der Waals surface area contributed by atoms with E-state index in [1.807, 2.05) is 19.1 Å². The van der Waals surface area contributed by atoms with Crippen LogP contribution < -0.4 is 11.1 Å². The van der Waals surface area contributed by atoms with Crippen LogP contribution in [0.4, 0.5) is 0 Å². The molecule has 1 saturated heterocycles. The molecule has 0 bridgehead atoms. The van der Waals surface area contributed by atoms with Gasteiger partial charge in [0.25, 0.3) is 5.91 Å². The fourth-order valence-electron chi connectivity index (χ4n) is 2.51. The fraction of sp³-hybridized carbons (Fsp3) is 0.467. The monoisotopic (exact) mass is 369 g/mol. The number of nitrogens with one attached hydrogen (secondary N) is 1. The number of benzene rings is 1. The van der Waals surface area contributed by atoms with Crippen LogP contribution in [0.2, 0.25) is 0 Å². The number of likely N-dealkylation sites (tertiary alicyclic amines) is 1. The number of hydrogen-bond donors (Lipinski definition) is 2. The largest absolute Gasteiger partial charge is 0.391 e. The van der Waals surface area contributed by atoms with Gasteiger partial charge in [-0.25, -0.2) is 0 Å². The van der Waals surface area contributed by atoms with Crippen molar-refractivity contribution in [2.24, 2.45) is 5.73 Å². The van der Waals surface area contributed by atoms with Gasteiger partial charge in [0.2, 0.25) is 0 Å². The third-order valence-electron chi connectivity index (χ3n) is 4.09. The van der Waals surface area contributed by atoms with E-state index < -0.39 is 5.54 Å². The molecule has 6 heteroatoms. The molecule has 0 saturated carbocycles. The summed E-state index contributed by atoms with van der Waals surface area (Å²) in [7, 11) is 2.06. The van der Waals surface area contributed by atoms with Crippen molar-refractivity contribution in [2.45, 2.75) is 25.3 Å². The lowest BCUT2D eigenvalue weighted by atomic mass is 9.87.